The van der Waals surface area contributed by atoms with Crippen molar-refractivity contribution in [2.45, 2.75) is 0 Å². The maximum atomic E-state index is 0. The van der Waals surface area contributed by atoms with Crippen molar-refractivity contribution in [3.05, 3.63) is 0 Å². The minimum atomic E-state index is 0. The second-order valence-corrected chi connectivity index (χ2v) is 0. The van der Waals surface area contributed by atoms with E-state index in [1.54, 1.807) is 0 Å². The molecular formula is HCl3ORu-2. The van der Waals surface area contributed by atoms with Gasteiger partial charge in [-0.15, -0.1) is 0 Å². The standard InChI is InChI=1S/3ClH.H2O.Ru/h3*1H;1H2;/q;;;;+2/p-4. The molecule has 0 bridgehead atoms. The number of halogens is 3. The topological polar surface area (TPSA) is 30.0 Å². The van der Waals surface area contributed by atoms with E-state index < -0.39 is 0 Å². The molecule has 0 saturated carbocycles. The van der Waals surface area contributed by atoms with E-state index >= 15 is 0 Å². The van der Waals surface area contributed by atoms with Gasteiger partial charge in [-0.05, 0) is 0 Å². The van der Waals surface area contributed by atoms with Gasteiger partial charge in [-0.1, -0.05) is 0 Å². The van der Waals surface area contributed by atoms with Gasteiger partial charge in [0.2, 0.25) is 0 Å². The fourth-order valence-electron chi connectivity index (χ4n) is 0. The average molecular weight is 224 g/mol. The van der Waals surface area contributed by atoms with E-state index in [9.17, 15) is 0 Å². The van der Waals surface area contributed by atoms with Crippen molar-refractivity contribution in [3.8, 4) is 0 Å². The van der Waals surface area contributed by atoms with Crippen LogP contribution in [-0.2, 0) is 19.5 Å². The minimum absolute atomic E-state index is 0. The van der Waals surface area contributed by atoms with Crippen LogP contribution in [0.15, 0.2) is 0 Å². The van der Waals surface area contributed by atoms with Gasteiger partial charge in [0.25, 0.3) is 0 Å². The second kappa shape index (κ2) is 51.2. The van der Waals surface area contributed by atoms with E-state index in [1.165, 1.54) is 0 Å². The van der Waals surface area contributed by atoms with Crippen molar-refractivity contribution in [1.29, 1.82) is 0 Å². The molecule has 0 spiro atoms. The third kappa shape index (κ3) is 30.8. The van der Waals surface area contributed by atoms with Gasteiger partial charge in [0, 0.05) is 0 Å². The molecule has 0 radical (unpaired) electrons. The summed E-state index contributed by atoms with van der Waals surface area (Å²) in [6, 6.07) is 0. The molecular weight excluding hydrogens is 223 g/mol. The molecule has 5 heteroatoms. The van der Waals surface area contributed by atoms with Crippen molar-refractivity contribution in [1.82, 2.24) is 0 Å². The molecule has 0 aliphatic rings. The molecule has 0 aromatic carbocycles. The first-order valence-electron chi connectivity index (χ1n) is 0. The van der Waals surface area contributed by atoms with E-state index in [1.807, 2.05) is 0 Å². The largest absolute Gasteiger partial charge is 2.00 e. The molecule has 0 rings (SSSR count). The molecule has 0 amide bonds. The Morgan fingerprint density at radius 3 is 0.600 bits per heavy atom. The molecule has 0 fully saturated rings. The average Bonchev–Trinajstić information content (AvgIpc) is 0. The Bertz CT molecular complexity index is 6.85. The maximum absolute atomic E-state index is 0. The Balaban J connectivity index is 0. The summed E-state index contributed by atoms with van der Waals surface area (Å²) >= 11 is 0. The van der Waals surface area contributed by atoms with Gasteiger partial charge >= 0.3 is 19.5 Å². The summed E-state index contributed by atoms with van der Waals surface area (Å²) in [6.07, 6.45) is 0. The fourth-order valence-corrected chi connectivity index (χ4v) is 0. The predicted molar refractivity (Wildman–Crippen MR) is 1.94 cm³/mol. The van der Waals surface area contributed by atoms with E-state index in [0.717, 1.165) is 0 Å². The van der Waals surface area contributed by atoms with Crippen LogP contribution in [0, 0.1) is 0 Å². The van der Waals surface area contributed by atoms with Crippen LogP contribution in [0.25, 0.3) is 0 Å². The summed E-state index contributed by atoms with van der Waals surface area (Å²) in [5.74, 6) is 0. The molecule has 0 aliphatic carbocycles. The smallest absolute Gasteiger partial charge is 1.00 e. The molecule has 5 heavy (non-hydrogen) atoms. The zero-order valence-corrected chi connectivity index (χ0v) is 5.94. The monoisotopic (exact) mass is 224 g/mol. The van der Waals surface area contributed by atoms with E-state index in [0.29, 0.717) is 0 Å². The van der Waals surface area contributed by atoms with Gasteiger partial charge in [-0.25, -0.2) is 0 Å². The second-order valence-electron chi connectivity index (χ2n) is 0. The summed E-state index contributed by atoms with van der Waals surface area (Å²) in [5.41, 5.74) is 0. The van der Waals surface area contributed by atoms with Crippen molar-refractivity contribution in [3.63, 3.8) is 0 Å². The Labute approximate surface area is 62.2 Å². The first-order chi connectivity index (χ1) is 0. The van der Waals surface area contributed by atoms with Crippen LogP contribution in [-0.4, -0.2) is 5.48 Å². The molecule has 0 aromatic heterocycles. The van der Waals surface area contributed by atoms with Gasteiger partial charge in [-0.2, -0.15) is 0 Å². The van der Waals surface area contributed by atoms with Crippen molar-refractivity contribution < 1.29 is 62.2 Å². The quantitative estimate of drug-likeness (QED) is 0.376. The molecule has 0 heterocycles. The van der Waals surface area contributed by atoms with Crippen molar-refractivity contribution in [2.75, 3.05) is 0 Å². The number of hydrogen-bond acceptors (Lipinski definition) is 1. The number of rotatable bonds is 0. The number of hydrogen-bond donors (Lipinski definition) is 0. The predicted octanol–water partition coefficient (Wildman–Crippen LogP) is -9.17. The van der Waals surface area contributed by atoms with Gasteiger partial charge in [0.1, 0.15) is 0 Å². The normalized spacial score (nSPS) is 0. The van der Waals surface area contributed by atoms with E-state index in [-0.39, 0.29) is 62.2 Å². The summed E-state index contributed by atoms with van der Waals surface area (Å²) in [6.45, 7) is 0. The fraction of sp³-hybridized carbons (Fsp3) is 0. The van der Waals surface area contributed by atoms with Gasteiger partial charge < -0.3 is 42.7 Å². The Hall–Kier alpha value is 1.45. The molecule has 0 unspecified atom stereocenters. The molecule has 1 nitrogen and oxygen atoms in total. The first-order valence-corrected chi connectivity index (χ1v) is 0. The van der Waals surface area contributed by atoms with Gasteiger partial charge in [0.05, 0.1) is 0 Å². The van der Waals surface area contributed by atoms with Crippen LogP contribution in [0.1, 0.15) is 0 Å². The Morgan fingerprint density at radius 1 is 0.600 bits per heavy atom. The van der Waals surface area contributed by atoms with Gasteiger partial charge in [-0.3, -0.25) is 0 Å². The van der Waals surface area contributed by atoms with Crippen LogP contribution >= 0.6 is 0 Å². The van der Waals surface area contributed by atoms with Crippen LogP contribution in [0.2, 0.25) is 0 Å². The molecule has 0 saturated heterocycles. The van der Waals surface area contributed by atoms with Crippen molar-refractivity contribution >= 4 is 0 Å². The summed E-state index contributed by atoms with van der Waals surface area (Å²) in [5, 5.41) is 0. The Kier molecular flexibility index (Phi) is 930. The van der Waals surface area contributed by atoms with E-state index in [4.69, 9.17) is 0 Å². The third-order valence-corrected chi connectivity index (χ3v) is 0. The third-order valence-electron chi connectivity index (χ3n) is 0. The van der Waals surface area contributed by atoms with Crippen LogP contribution in [0.4, 0.5) is 0 Å². The van der Waals surface area contributed by atoms with Crippen LogP contribution in [0.3, 0.4) is 0 Å². The Morgan fingerprint density at radius 2 is 0.600 bits per heavy atom. The van der Waals surface area contributed by atoms with Gasteiger partial charge in [0.15, 0.2) is 0 Å². The SMILES string of the molecule is [Cl-].[Cl-].[Cl-].[OH-].[Ru+2]. The molecule has 0 atom stereocenters. The zero-order chi connectivity index (χ0) is 0. The van der Waals surface area contributed by atoms with Crippen LogP contribution < -0.4 is 37.2 Å². The molecule has 0 aromatic rings. The zero-order valence-electron chi connectivity index (χ0n) is 1.93. The minimum Gasteiger partial charge on any atom is -1.00 e. The van der Waals surface area contributed by atoms with Crippen molar-refractivity contribution in [2.24, 2.45) is 0 Å². The maximum Gasteiger partial charge on any atom is 2.00 e. The molecule has 1 N–H and O–H groups in total. The molecule has 0 aliphatic heterocycles. The summed E-state index contributed by atoms with van der Waals surface area (Å²) in [4.78, 5) is 0. The van der Waals surface area contributed by atoms with E-state index in [2.05, 4.69) is 0 Å². The van der Waals surface area contributed by atoms with Crippen LogP contribution in [0.5, 0.6) is 0 Å². The summed E-state index contributed by atoms with van der Waals surface area (Å²) < 4.78 is 0. The first kappa shape index (κ1) is 90.9. The summed E-state index contributed by atoms with van der Waals surface area (Å²) in [7, 11) is 0. The molecule has 38 valence electrons.